The molecule has 4 nitrogen and oxygen atoms in total. The minimum absolute atomic E-state index is 0.391. The van der Waals surface area contributed by atoms with Crippen LogP contribution in [0.1, 0.15) is 18.3 Å². The molecule has 0 radical (unpaired) electrons. The van der Waals surface area contributed by atoms with Crippen LogP contribution in [0.25, 0.3) is 0 Å². The van der Waals surface area contributed by atoms with Gasteiger partial charge in [0.2, 0.25) is 0 Å². The first-order chi connectivity index (χ1) is 6.00. The molecule has 0 saturated carbocycles. The summed E-state index contributed by atoms with van der Waals surface area (Å²) in [6, 6.07) is 1.94. The lowest BCUT2D eigenvalue weighted by Gasteiger charge is -2.07. The molecule has 0 aliphatic heterocycles. The van der Waals surface area contributed by atoms with Gasteiger partial charge in [-0.1, -0.05) is 6.92 Å². The van der Waals surface area contributed by atoms with Gasteiger partial charge in [-0.3, -0.25) is 9.48 Å². The third-order valence-electron chi connectivity index (χ3n) is 1.97. The van der Waals surface area contributed by atoms with Gasteiger partial charge in [-0.25, -0.2) is 0 Å². The Bertz CT molecular complexity index is 317. The van der Waals surface area contributed by atoms with Gasteiger partial charge < -0.3 is 5.11 Å². The number of aryl methyl sites for hydroxylation is 2. The van der Waals surface area contributed by atoms with Crippen molar-refractivity contribution in [2.24, 2.45) is 5.92 Å². The maximum Gasteiger partial charge on any atom is 0.308 e. The smallest absolute Gasteiger partial charge is 0.308 e. The largest absolute Gasteiger partial charge is 0.481 e. The molecule has 4 heteroatoms. The van der Waals surface area contributed by atoms with Gasteiger partial charge in [-0.15, -0.1) is 0 Å². The highest BCUT2D eigenvalue weighted by Gasteiger charge is 2.13. The van der Waals surface area contributed by atoms with Crippen LogP contribution in [0.5, 0.6) is 0 Å². The molecule has 0 spiro atoms. The molecule has 1 aromatic heterocycles. The van der Waals surface area contributed by atoms with Gasteiger partial charge in [0.15, 0.2) is 0 Å². The van der Waals surface area contributed by atoms with Crippen molar-refractivity contribution in [1.82, 2.24) is 9.78 Å². The Morgan fingerprint density at radius 3 is 2.69 bits per heavy atom. The number of carboxylic acid groups (broad SMARTS) is 1. The van der Waals surface area contributed by atoms with Crippen molar-refractivity contribution in [2.45, 2.75) is 27.3 Å². The van der Waals surface area contributed by atoms with Crippen LogP contribution < -0.4 is 0 Å². The van der Waals surface area contributed by atoms with E-state index in [1.54, 1.807) is 11.6 Å². The number of rotatable bonds is 3. The second-order valence-corrected chi connectivity index (χ2v) is 3.35. The van der Waals surface area contributed by atoms with Crippen LogP contribution >= 0.6 is 0 Å². The number of hydrogen-bond acceptors (Lipinski definition) is 2. The summed E-state index contributed by atoms with van der Waals surface area (Å²) in [5, 5.41) is 12.9. The van der Waals surface area contributed by atoms with Crippen molar-refractivity contribution in [3.63, 3.8) is 0 Å². The molecular weight excluding hydrogens is 168 g/mol. The molecule has 0 bridgehead atoms. The first kappa shape index (κ1) is 9.77. The number of carbonyl (C=O) groups is 1. The fraction of sp³-hybridized carbons (Fsp3) is 0.556. The van der Waals surface area contributed by atoms with E-state index in [9.17, 15) is 4.79 Å². The molecule has 0 aliphatic carbocycles. The van der Waals surface area contributed by atoms with E-state index >= 15 is 0 Å². The summed E-state index contributed by atoms with van der Waals surface area (Å²) in [6.45, 7) is 5.94. The Balaban J connectivity index is 2.74. The Labute approximate surface area is 77.2 Å². The van der Waals surface area contributed by atoms with Crippen LogP contribution in [-0.4, -0.2) is 20.9 Å². The van der Waals surface area contributed by atoms with Crippen molar-refractivity contribution >= 4 is 5.97 Å². The van der Waals surface area contributed by atoms with Gasteiger partial charge in [0.25, 0.3) is 0 Å². The zero-order valence-electron chi connectivity index (χ0n) is 8.11. The van der Waals surface area contributed by atoms with Gasteiger partial charge in [-0.2, -0.15) is 5.10 Å². The number of aliphatic carboxylic acids is 1. The van der Waals surface area contributed by atoms with Gasteiger partial charge in [0, 0.05) is 5.69 Å². The Kier molecular flexibility index (Phi) is 2.70. The number of nitrogens with zero attached hydrogens (tertiary/aromatic N) is 2. The molecule has 0 saturated heterocycles. The zero-order valence-corrected chi connectivity index (χ0v) is 8.11. The molecule has 0 aliphatic rings. The zero-order chi connectivity index (χ0) is 10.0. The molecule has 0 amide bonds. The van der Waals surface area contributed by atoms with Crippen molar-refractivity contribution in [3.8, 4) is 0 Å². The van der Waals surface area contributed by atoms with Crippen LogP contribution in [0.15, 0.2) is 6.07 Å². The monoisotopic (exact) mass is 182 g/mol. The van der Waals surface area contributed by atoms with E-state index in [0.717, 1.165) is 11.4 Å². The normalized spacial score (nSPS) is 12.8. The highest BCUT2D eigenvalue weighted by atomic mass is 16.4. The predicted octanol–water partition coefficient (Wildman–Crippen LogP) is 1.22. The average Bonchev–Trinajstić information content (AvgIpc) is 2.30. The standard InChI is InChI=1S/C9H14N2O2/c1-6(9(12)13)5-11-8(3)4-7(2)10-11/h4,6H,5H2,1-3H3,(H,12,13)/t6-/m0/s1. The van der Waals surface area contributed by atoms with Gasteiger partial charge in [-0.05, 0) is 19.9 Å². The molecule has 1 heterocycles. The second kappa shape index (κ2) is 3.60. The number of aromatic nitrogens is 2. The maximum atomic E-state index is 10.6. The van der Waals surface area contributed by atoms with Crippen LogP contribution in [0.3, 0.4) is 0 Å². The third-order valence-corrected chi connectivity index (χ3v) is 1.97. The Hall–Kier alpha value is -1.32. The van der Waals surface area contributed by atoms with E-state index in [-0.39, 0.29) is 0 Å². The lowest BCUT2D eigenvalue weighted by molar-refractivity contribution is -0.141. The van der Waals surface area contributed by atoms with Crippen LogP contribution in [0, 0.1) is 19.8 Å². The minimum Gasteiger partial charge on any atom is -0.481 e. The summed E-state index contributed by atoms with van der Waals surface area (Å²) in [7, 11) is 0. The minimum atomic E-state index is -0.785. The van der Waals surface area contributed by atoms with Gasteiger partial charge in [0.05, 0.1) is 18.2 Å². The summed E-state index contributed by atoms with van der Waals surface area (Å²) in [5.41, 5.74) is 1.93. The summed E-state index contributed by atoms with van der Waals surface area (Å²) < 4.78 is 1.73. The highest BCUT2D eigenvalue weighted by Crippen LogP contribution is 2.06. The SMILES string of the molecule is Cc1cc(C)n(C[C@H](C)C(=O)O)n1. The fourth-order valence-electron chi connectivity index (χ4n) is 1.20. The molecule has 0 fully saturated rings. The van der Waals surface area contributed by atoms with E-state index in [1.165, 1.54) is 0 Å². The topological polar surface area (TPSA) is 55.1 Å². The summed E-state index contributed by atoms with van der Waals surface area (Å²) in [6.07, 6.45) is 0. The maximum absolute atomic E-state index is 10.6. The summed E-state index contributed by atoms with van der Waals surface area (Å²) in [4.78, 5) is 10.6. The van der Waals surface area contributed by atoms with E-state index in [2.05, 4.69) is 5.10 Å². The molecule has 1 N–H and O–H groups in total. The molecule has 1 atom stereocenters. The number of hydrogen-bond donors (Lipinski definition) is 1. The quantitative estimate of drug-likeness (QED) is 0.764. The van der Waals surface area contributed by atoms with Crippen LogP contribution in [0.4, 0.5) is 0 Å². The number of carboxylic acids is 1. The van der Waals surface area contributed by atoms with E-state index < -0.39 is 11.9 Å². The first-order valence-electron chi connectivity index (χ1n) is 4.24. The van der Waals surface area contributed by atoms with Crippen LogP contribution in [0.2, 0.25) is 0 Å². The lowest BCUT2D eigenvalue weighted by atomic mass is 10.2. The van der Waals surface area contributed by atoms with E-state index in [0.29, 0.717) is 6.54 Å². The highest BCUT2D eigenvalue weighted by molar-refractivity contribution is 5.69. The van der Waals surface area contributed by atoms with Gasteiger partial charge in [0.1, 0.15) is 0 Å². The van der Waals surface area contributed by atoms with Crippen LogP contribution in [-0.2, 0) is 11.3 Å². The second-order valence-electron chi connectivity index (χ2n) is 3.35. The summed E-state index contributed by atoms with van der Waals surface area (Å²) >= 11 is 0. The average molecular weight is 182 g/mol. The third kappa shape index (κ3) is 2.31. The molecule has 13 heavy (non-hydrogen) atoms. The fourth-order valence-corrected chi connectivity index (χ4v) is 1.20. The lowest BCUT2D eigenvalue weighted by Crippen LogP contribution is -2.18. The molecule has 1 aromatic rings. The van der Waals surface area contributed by atoms with Crippen molar-refractivity contribution < 1.29 is 9.90 Å². The molecule has 0 aromatic carbocycles. The predicted molar refractivity (Wildman–Crippen MR) is 48.5 cm³/mol. The molecule has 0 unspecified atom stereocenters. The van der Waals surface area contributed by atoms with E-state index in [1.807, 2.05) is 19.9 Å². The molecule has 1 rings (SSSR count). The first-order valence-corrected chi connectivity index (χ1v) is 4.24. The molecular formula is C9H14N2O2. The van der Waals surface area contributed by atoms with E-state index in [4.69, 9.17) is 5.11 Å². The van der Waals surface area contributed by atoms with Crippen molar-refractivity contribution in [3.05, 3.63) is 17.5 Å². The molecule has 72 valence electrons. The summed E-state index contributed by atoms with van der Waals surface area (Å²) in [5.74, 6) is -1.18. The Morgan fingerprint density at radius 1 is 1.69 bits per heavy atom. The van der Waals surface area contributed by atoms with Crippen molar-refractivity contribution in [1.29, 1.82) is 0 Å². The Morgan fingerprint density at radius 2 is 2.31 bits per heavy atom. The van der Waals surface area contributed by atoms with Crippen molar-refractivity contribution in [2.75, 3.05) is 0 Å². The van der Waals surface area contributed by atoms with Gasteiger partial charge >= 0.3 is 5.97 Å².